The van der Waals surface area contributed by atoms with Crippen LogP contribution in [0.4, 0.5) is 4.79 Å². The third-order valence-corrected chi connectivity index (χ3v) is 6.07. The van der Waals surface area contributed by atoms with Crippen molar-refractivity contribution in [3.63, 3.8) is 0 Å². The minimum absolute atomic E-state index is 0.0291. The quantitative estimate of drug-likeness (QED) is 0.626. The van der Waals surface area contributed by atoms with Gasteiger partial charge in [0.25, 0.3) is 11.8 Å². The number of amides is 4. The van der Waals surface area contributed by atoms with Gasteiger partial charge in [-0.25, -0.2) is 4.79 Å². The van der Waals surface area contributed by atoms with E-state index < -0.39 is 17.5 Å². The Hall–Kier alpha value is -3.13. The second-order valence-corrected chi connectivity index (χ2v) is 8.21. The first-order valence-electron chi connectivity index (χ1n) is 10.4. The van der Waals surface area contributed by atoms with Gasteiger partial charge in [0.05, 0.1) is 6.26 Å². The summed E-state index contributed by atoms with van der Waals surface area (Å²) >= 11 is 0. The molecule has 4 rings (SSSR count). The fourth-order valence-corrected chi connectivity index (χ4v) is 4.26. The van der Waals surface area contributed by atoms with Crippen molar-refractivity contribution >= 4 is 17.8 Å². The Morgan fingerprint density at radius 1 is 1.23 bits per heavy atom. The zero-order valence-corrected chi connectivity index (χ0v) is 17.0. The number of nitrogens with two attached hydrogens (primary N) is 1. The standard InChI is InChI=1S/C22H26N4O4/c1-15-9-11-22(12-10-15)20(28)26(21(29)24-22)25-18(27)14-23-19(17-8-5-13-30-17)16-6-3-2-4-7-16/h2-8,13,15,19,23H,9-12,14H2,1H3,(H,24,29)(H,25,27)/p+1/t15?,19-,22?/m0/s1. The first-order valence-corrected chi connectivity index (χ1v) is 10.4. The molecule has 2 aromatic rings. The summed E-state index contributed by atoms with van der Waals surface area (Å²) in [7, 11) is 0. The van der Waals surface area contributed by atoms with Crippen molar-refractivity contribution in [3.05, 3.63) is 60.1 Å². The number of benzene rings is 1. The molecule has 0 radical (unpaired) electrons. The maximum Gasteiger partial charge on any atom is 0.344 e. The third kappa shape index (κ3) is 3.95. The van der Waals surface area contributed by atoms with Crippen LogP contribution in [0.15, 0.2) is 53.1 Å². The molecule has 1 aliphatic carbocycles. The van der Waals surface area contributed by atoms with E-state index in [1.54, 1.807) is 12.3 Å². The lowest BCUT2D eigenvalue weighted by atomic mass is 9.77. The number of nitrogens with zero attached hydrogens (tertiary/aromatic N) is 1. The number of furan rings is 1. The molecule has 2 heterocycles. The lowest BCUT2D eigenvalue weighted by molar-refractivity contribution is -0.678. The van der Waals surface area contributed by atoms with Crippen molar-refractivity contribution in [3.8, 4) is 0 Å². The van der Waals surface area contributed by atoms with Crippen molar-refractivity contribution in [1.29, 1.82) is 0 Å². The predicted octanol–water partition coefficient (Wildman–Crippen LogP) is 1.46. The van der Waals surface area contributed by atoms with Crippen LogP contribution in [-0.2, 0) is 9.59 Å². The van der Waals surface area contributed by atoms with Crippen LogP contribution in [-0.4, -0.2) is 34.9 Å². The average molecular weight is 411 g/mol. The normalized spacial score (nSPS) is 24.7. The first kappa shape index (κ1) is 20.2. The molecule has 0 bridgehead atoms. The number of rotatable bonds is 6. The molecule has 1 atom stereocenters. The molecule has 8 nitrogen and oxygen atoms in total. The summed E-state index contributed by atoms with van der Waals surface area (Å²) in [4.78, 5) is 37.8. The minimum Gasteiger partial charge on any atom is -0.463 e. The summed E-state index contributed by atoms with van der Waals surface area (Å²) in [5.74, 6) is 0.472. The maximum atomic E-state index is 12.9. The third-order valence-electron chi connectivity index (χ3n) is 6.07. The van der Waals surface area contributed by atoms with E-state index in [0.29, 0.717) is 18.8 Å². The molecule has 1 aromatic heterocycles. The topological polar surface area (TPSA) is 108 Å². The van der Waals surface area contributed by atoms with Crippen LogP contribution >= 0.6 is 0 Å². The van der Waals surface area contributed by atoms with E-state index in [1.165, 1.54) is 0 Å². The SMILES string of the molecule is CC1CCC2(CC1)NC(=O)N(NC(=O)C[NH2+][C@@H](c1ccccc1)c1ccco1)C2=O. The van der Waals surface area contributed by atoms with Crippen molar-refractivity contribution in [2.24, 2.45) is 5.92 Å². The molecule has 2 aliphatic rings. The van der Waals surface area contributed by atoms with Gasteiger partial charge < -0.3 is 15.1 Å². The van der Waals surface area contributed by atoms with E-state index in [-0.39, 0.29) is 18.5 Å². The molecule has 30 heavy (non-hydrogen) atoms. The maximum absolute atomic E-state index is 12.9. The molecule has 2 fully saturated rings. The highest BCUT2D eigenvalue weighted by Crippen LogP contribution is 2.35. The van der Waals surface area contributed by atoms with Gasteiger partial charge in [-0.05, 0) is 43.7 Å². The van der Waals surface area contributed by atoms with Crippen molar-refractivity contribution in [2.75, 3.05) is 6.54 Å². The summed E-state index contributed by atoms with van der Waals surface area (Å²) in [6.45, 7) is 2.17. The zero-order chi connectivity index (χ0) is 21.1. The Morgan fingerprint density at radius 2 is 1.97 bits per heavy atom. The highest BCUT2D eigenvalue weighted by Gasteiger charge is 2.53. The Bertz CT molecular complexity index is 904. The number of hydrazine groups is 1. The Balaban J connectivity index is 1.39. The summed E-state index contributed by atoms with van der Waals surface area (Å²) in [6, 6.07) is 12.6. The van der Waals surface area contributed by atoms with Crippen LogP contribution in [0.3, 0.4) is 0 Å². The summed E-state index contributed by atoms with van der Waals surface area (Å²) in [6.07, 6.45) is 4.56. The zero-order valence-electron chi connectivity index (χ0n) is 17.0. The molecular formula is C22H27N4O4+. The van der Waals surface area contributed by atoms with Gasteiger partial charge in [-0.1, -0.05) is 37.3 Å². The Labute approximate surface area is 175 Å². The van der Waals surface area contributed by atoms with Gasteiger partial charge in [0.1, 0.15) is 5.54 Å². The van der Waals surface area contributed by atoms with E-state index in [1.807, 2.05) is 41.7 Å². The number of carbonyl (C=O) groups excluding carboxylic acids is 3. The molecular weight excluding hydrogens is 384 g/mol. The van der Waals surface area contributed by atoms with E-state index in [4.69, 9.17) is 4.42 Å². The molecule has 158 valence electrons. The van der Waals surface area contributed by atoms with Crippen LogP contribution in [0.25, 0.3) is 0 Å². The van der Waals surface area contributed by atoms with Gasteiger partial charge in [-0.3, -0.25) is 15.0 Å². The number of urea groups is 1. The van der Waals surface area contributed by atoms with Crippen molar-refractivity contribution in [1.82, 2.24) is 15.8 Å². The predicted molar refractivity (Wildman–Crippen MR) is 108 cm³/mol. The number of imide groups is 1. The fourth-order valence-electron chi connectivity index (χ4n) is 4.26. The molecule has 4 amide bonds. The van der Waals surface area contributed by atoms with Gasteiger partial charge in [-0.15, -0.1) is 0 Å². The number of carbonyl (C=O) groups is 3. The second-order valence-electron chi connectivity index (χ2n) is 8.21. The van der Waals surface area contributed by atoms with Crippen LogP contribution < -0.4 is 16.1 Å². The molecule has 8 heteroatoms. The number of quaternary nitrogens is 1. The van der Waals surface area contributed by atoms with Gasteiger partial charge in [0.15, 0.2) is 18.3 Å². The minimum atomic E-state index is -0.874. The molecule has 1 spiro atoms. The van der Waals surface area contributed by atoms with Crippen molar-refractivity contribution in [2.45, 2.75) is 44.2 Å². The van der Waals surface area contributed by atoms with E-state index in [9.17, 15) is 14.4 Å². The molecule has 1 saturated heterocycles. The highest BCUT2D eigenvalue weighted by molar-refractivity contribution is 6.08. The first-order chi connectivity index (χ1) is 14.5. The molecule has 4 N–H and O–H groups in total. The molecule has 1 saturated carbocycles. The average Bonchev–Trinajstić information content (AvgIpc) is 3.35. The van der Waals surface area contributed by atoms with Crippen LogP contribution in [0, 0.1) is 5.92 Å². The Morgan fingerprint density at radius 3 is 2.63 bits per heavy atom. The van der Waals surface area contributed by atoms with Gasteiger partial charge in [-0.2, -0.15) is 5.01 Å². The van der Waals surface area contributed by atoms with E-state index in [0.717, 1.165) is 29.2 Å². The largest absolute Gasteiger partial charge is 0.463 e. The van der Waals surface area contributed by atoms with E-state index in [2.05, 4.69) is 17.7 Å². The summed E-state index contributed by atoms with van der Waals surface area (Å²) < 4.78 is 5.54. The molecule has 1 aliphatic heterocycles. The van der Waals surface area contributed by atoms with Crippen LogP contribution in [0.5, 0.6) is 0 Å². The van der Waals surface area contributed by atoms with E-state index >= 15 is 0 Å². The smallest absolute Gasteiger partial charge is 0.344 e. The number of hydrogen-bond donors (Lipinski definition) is 3. The molecule has 0 unspecified atom stereocenters. The van der Waals surface area contributed by atoms with Crippen LogP contribution in [0.1, 0.15) is 50.0 Å². The van der Waals surface area contributed by atoms with Crippen molar-refractivity contribution < 1.29 is 24.1 Å². The molecule has 1 aromatic carbocycles. The number of hydrogen-bond acceptors (Lipinski definition) is 4. The van der Waals surface area contributed by atoms with Gasteiger partial charge in [0.2, 0.25) is 0 Å². The lowest BCUT2D eigenvalue weighted by Gasteiger charge is -2.33. The van der Waals surface area contributed by atoms with Gasteiger partial charge in [0, 0.05) is 5.56 Å². The van der Waals surface area contributed by atoms with Gasteiger partial charge >= 0.3 is 6.03 Å². The lowest BCUT2D eigenvalue weighted by Crippen LogP contribution is -2.88. The highest BCUT2D eigenvalue weighted by atomic mass is 16.3. The number of nitrogens with one attached hydrogen (secondary N) is 2. The van der Waals surface area contributed by atoms with Crippen LogP contribution in [0.2, 0.25) is 0 Å². The second kappa shape index (κ2) is 8.31. The Kier molecular flexibility index (Phi) is 5.59. The fraction of sp³-hybridized carbons (Fsp3) is 0.409. The summed E-state index contributed by atoms with van der Waals surface area (Å²) in [5.41, 5.74) is 2.60. The summed E-state index contributed by atoms with van der Waals surface area (Å²) in [5, 5.41) is 5.47. The monoisotopic (exact) mass is 411 g/mol.